The SMILES string of the molecule is O=C(COC(=O)c1cccc(O)c1)Nc1nc2c(F)c(F)c(F)cc2s1. The maximum atomic E-state index is 13.6. The van der Waals surface area contributed by atoms with Gasteiger partial charge in [0.2, 0.25) is 0 Å². The van der Waals surface area contributed by atoms with Crippen LogP contribution < -0.4 is 5.32 Å². The van der Waals surface area contributed by atoms with Gasteiger partial charge >= 0.3 is 5.97 Å². The largest absolute Gasteiger partial charge is 0.508 e. The molecule has 0 saturated carbocycles. The molecule has 1 heterocycles. The molecule has 10 heteroatoms. The van der Waals surface area contributed by atoms with E-state index < -0.39 is 41.5 Å². The predicted octanol–water partition coefficient (Wildman–Crippen LogP) is 3.21. The zero-order chi connectivity index (χ0) is 18.8. The zero-order valence-electron chi connectivity index (χ0n) is 12.8. The number of phenolic OH excluding ortho intramolecular Hbond substituents is 1. The number of halogens is 3. The fourth-order valence-electron chi connectivity index (χ4n) is 2.03. The van der Waals surface area contributed by atoms with Crippen LogP contribution in [-0.4, -0.2) is 28.6 Å². The molecule has 0 radical (unpaired) electrons. The van der Waals surface area contributed by atoms with E-state index in [1.54, 1.807) is 0 Å². The highest BCUT2D eigenvalue weighted by Gasteiger charge is 2.18. The lowest BCUT2D eigenvalue weighted by atomic mass is 10.2. The van der Waals surface area contributed by atoms with Crippen molar-refractivity contribution in [2.45, 2.75) is 0 Å². The van der Waals surface area contributed by atoms with Gasteiger partial charge in [-0.05, 0) is 24.3 Å². The normalized spacial score (nSPS) is 10.7. The number of hydrogen-bond donors (Lipinski definition) is 2. The fraction of sp³-hybridized carbons (Fsp3) is 0.0625. The van der Waals surface area contributed by atoms with Crippen molar-refractivity contribution in [1.29, 1.82) is 0 Å². The Morgan fingerprint density at radius 1 is 1.19 bits per heavy atom. The first-order chi connectivity index (χ1) is 12.3. The Balaban J connectivity index is 1.66. The van der Waals surface area contributed by atoms with Gasteiger partial charge in [0, 0.05) is 0 Å². The summed E-state index contributed by atoms with van der Waals surface area (Å²) in [5, 5.41) is 11.4. The van der Waals surface area contributed by atoms with Gasteiger partial charge in [-0.3, -0.25) is 10.1 Å². The predicted molar refractivity (Wildman–Crippen MR) is 86.5 cm³/mol. The molecule has 26 heavy (non-hydrogen) atoms. The summed E-state index contributed by atoms with van der Waals surface area (Å²) in [6.45, 7) is -0.671. The number of amides is 1. The van der Waals surface area contributed by atoms with E-state index >= 15 is 0 Å². The van der Waals surface area contributed by atoms with Crippen LogP contribution >= 0.6 is 11.3 Å². The molecule has 0 aliphatic carbocycles. The minimum Gasteiger partial charge on any atom is -0.508 e. The third-order valence-electron chi connectivity index (χ3n) is 3.18. The molecule has 0 atom stereocenters. The molecule has 1 amide bonds. The number of anilines is 1. The number of phenols is 1. The van der Waals surface area contributed by atoms with E-state index in [-0.39, 0.29) is 21.1 Å². The number of nitrogens with one attached hydrogen (secondary N) is 1. The summed E-state index contributed by atoms with van der Waals surface area (Å²) in [6, 6.07) is 6.11. The molecule has 1 aromatic heterocycles. The first kappa shape index (κ1) is 17.7. The van der Waals surface area contributed by atoms with Gasteiger partial charge in [-0.25, -0.2) is 22.9 Å². The standard InChI is InChI=1S/C16H9F3N2O4S/c17-9-5-10-14(13(19)12(9)18)21-16(26-10)20-11(23)6-25-15(24)7-2-1-3-8(22)4-7/h1-5,22H,6H2,(H,20,21,23). The van der Waals surface area contributed by atoms with Crippen molar-refractivity contribution >= 4 is 38.6 Å². The van der Waals surface area contributed by atoms with E-state index in [1.165, 1.54) is 24.3 Å². The number of hydrogen-bond acceptors (Lipinski definition) is 6. The van der Waals surface area contributed by atoms with Crippen molar-refractivity contribution in [3.63, 3.8) is 0 Å². The summed E-state index contributed by atoms with van der Waals surface area (Å²) >= 11 is 0.732. The fourth-order valence-corrected chi connectivity index (χ4v) is 2.93. The van der Waals surface area contributed by atoms with E-state index in [9.17, 15) is 27.9 Å². The molecule has 3 rings (SSSR count). The molecule has 0 bridgehead atoms. The molecule has 3 aromatic rings. The van der Waals surface area contributed by atoms with Gasteiger partial charge in [0.05, 0.1) is 10.3 Å². The lowest BCUT2D eigenvalue weighted by molar-refractivity contribution is -0.119. The van der Waals surface area contributed by atoms with E-state index in [2.05, 4.69) is 10.3 Å². The number of thiazole rings is 1. The zero-order valence-corrected chi connectivity index (χ0v) is 13.6. The van der Waals surface area contributed by atoms with Crippen LogP contribution in [0.15, 0.2) is 30.3 Å². The average Bonchev–Trinajstić information content (AvgIpc) is 3.00. The Morgan fingerprint density at radius 3 is 2.69 bits per heavy atom. The van der Waals surface area contributed by atoms with Crippen LogP contribution in [0.3, 0.4) is 0 Å². The van der Waals surface area contributed by atoms with E-state index in [0.717, 1.165) is 17.4 Å². The number of benzene rings is 2. The first-order valence-electron chi connectivity index (χ1n) is 7.05. The molecule has 6 nitrogen and oxygen atoms in total. The van der Waals surface area contributed by atoms with Gasteiger partial charge in [0.1, 0.15) is 11.3 Å². The van der Waals surface area contributed by atoms with Crippen molar-refractivity contribution in [3.8, 4) is 5.75 Å². The van der Waals surface area contributed by atoms with Crippen LogP contribution in [0.4, 0.5) is 18.3 Å². The van der Waals surface area contributed by atoms with Crippen LogP contribution in [0.1, 0.15) is 10.4 Å². The minimum atomic E-state index is -1.65. The van der Waals surface area contributed by atoms with Crippen LogP contribution in [0.25, 0.3) is 10.2 Å². The molecule has 0 unspecified atom stereocenters. The van der Waals surface area contributed by atoms with Crippen molar-refractivity contribution in [2.24, 2.45) is 0 Å². The van der Waals surface area contributed by atoms with Crippen molar-refractivity contribution in [2.75, 3.05) is 11.9 Å². The molecule has 0 aliphatic rings. The Labute approximate surface area is 147 Å². The summed E-state index contributed by atoms with van der Waals surface area (Å²) in [5.74, 6) is -6.22. The third-order valence-corrected chi connectivity index (χ3v) is 4.10. The molecular weight excluding hydrogens is 373 g/mol. The minimum absolute atomic E-state index is 0.00783. The van der Waals surface area contributed by atoms with E-state index in [4.69, 9.17) is 4.74 Å². The summed E-state index contributed by atoms with van der Waals surface area (Å²) in [4.78, 5) is 27.2. The van der Waals surface area contributed by atoms with Crippen molar-refractivity contribution in [3.05, 3.63) is 53.3 Å². The van der Waals surface area contributed by atoms with E-state index in [1.807, 2.05) is 0 Å². The van der Waals surface area contributed by atoms with Gasteiger partial charge in [0.25, 0.3) is 5.91 Å². The van der Waals surface area contributed by atoms with Gasteiger partial charge < -0.3 is 9.84 Å². The topological polar surface area (TPSA) is 88.5 Å². The molecular formula is C16H9F3N2O4S. The summed E-state index contributed by atoms with van der Waals surface area (Å²) < 4.78 is 44.8. The van der Waals surface area contributed by atoms with Crippen molar-refractivity contribution < 1.29 is 32.6 Å². The van der Waals surface area contributed by atoms with Gasteiger partial charge in [-0.1, -0.05) is 17.4 Å². The third kappa shape index (κ3) is 3.59. The Bertz CT molecular complexity index is 1020. The smallest absolute Gasteiger partial charge is 0.338 e. The molecule has 0 saturated heterocycles. The van der Waals surface area contributed by atoms with Gasteiger partial charge in [-0.2, -0.15) is 0 Å². The highest BCUT2D eigenvalue weighted by atomic mass is 32.1. The molecule has 0 fully saturated rings. The van der Waals surface area contributed by atoms with Crippen LogP contribution in [-0.2, 0) is 9.53 Å². The van der Waals surface area contributed by atoms with Crippen LogP contribution in [0, 0.1) is 17.5 Å². The second-order valence-corrected chi connectivity index (χ2v) is 6.06. The Morgan fingerprint density at radius 2 is 1.96 bits per heavy atom. The maximum absolute atomic E-state index is 13.6. The Hall–Kier alpha value is -3.14. The molecule has 2 aromatic carbocycles. The highest BCUT2D eigenvalue weighted by Crippen LogP contribution is 2.30. The van der Waals surface area contributed by atoms with Crippen LogP contribution in [0.5, 0.6) is 5.75 Å². The number of fused-ring (bicyclic) bond motifs is 1. The molecule has 0 spiro atoms. The summed E-state index contributed by atoms with van der Waals surface area (Å²) in [6.07, 6.45) is 0. The lowest BCUT2D eigenvalue weighted by Crippen LogP contribution is -2.20. The van der Waals surface area contributed by atoms with Crippen molar-refractivity contribution in [1.82, 2.24) is 4.98 Å². The van der Waals surface area contributed by atoms with Gasteiger partial charge in [0.15, 0.2) is 29.2 Å². The summed E-state index contributed by atoms with van der Waals surface area (Å²) in [7, 11) is 0. The molecule has 2 N–H and O–H groups in total. The monoisotopic (exact) mass is 382 g/mol. The van der Waals surface area contributed by atoms with E-state index in [0.29, 0.717) is 0 Å². The number of aromatic hydroxyl groups is 1. The maximum Gasteiger partial charge on any atom is 0.338 e. The highest BCUT2D eigenvalue weighted by molar-refractivity contribution is 7.22. The molecule has 0 aliphatic heterocycles. The molecule has 134 valence electrons. The number of carbonyl (C=O) groups excluding carboxylic acids is 2. The van der Waals surface area contributed by atoms with Crippen LogP contribution in [0.2, 0.25) is 0 Å². The first-order valence-corrected chi connectivity index (χ1v) is 7.87. The summed E-state index contributed by atoms with van der Waals surface area (Å²) in [5.41, 5.74) is -0.369. The number of rotatable bonds is 4. The second-order valence-electron chi connectivity index (χ2n) is 5.03. The number of carbonyl (C=O) groups is 2. The second kappa shape index (κ2) is 7.00. The quantitative estimate of drug-likeness (QED) is 0.534. The van der Waals surface area contributed by atoms with Gasteiger partial charge in [-0.15, -0.1) is 0 Å². The number of ether oxygens (including phenoxy) is 1. The number of nitrogens with zero attached hydrogens (tertiary/aromatic N) is 1. The number of aromatic nitrogens is 1. The average molecular weight is 382 g/mol. The lowest BCUT2D eigenvalue weighted by Gasteiger charge is -2.04. The number of esters is 1. The Kier molecular flexibility index (Phi) is 4.76.